The molecule has 1 aromatic heterocycles. The molecular formula is C20H24N2O3S. The van der Waals surface area contributed by atoms with Crippen LogP contribution in [0.15, 0.2) is 52.3 Å². The van der Waals surface area contributed by atoms with Crippen LogP contribution in [0.25, 0.3) is 10.9 Å². The van der Waals surface area contributed by atoms with Crippen LogP contribution in [0.4, 0.5) is 0 Å². The third-order valence-electron chi connectivity index (χ3n) is 4.88. The second-order valence-corrected chi connectivity index (χ2v) is 8.29. The first kappa shape index (κ1) is 18.5. The number of likely N-dealkylation sites (N-methyl/N-ethyl adjacent to an activating group) is 1. The van der Waals surface area contributed by atoms with Gasteiger partial charge in [-0.1, -0.05) is 6.07 Å². The van der Waals surface area contributed by atoms with Gasteiger partial charge in [-0.05, 0) is 68.9 Å². The molecule has 0 unspecified atom stereocenters. The van der Waals surface area contributed by atoms with Gasteiger partial charge in [-0.15, -0.1) is 0 Å². The van der Waals surface area contributed by atoms with Crippen molar-refractivity contribution in [2.24, 2.45) is 7.05 Å². The number of aromatic nitrogens is 1. The molecule has 6 heteroatoms. The zero-order valence-electron chi connectivity index (χ0n) is 15.5. The lowest BCUT2D eigenvalue weighted by Gasteiger charge is -2.08. The van der Waals surface area contributed by atoms with Gasteiger partial charge < -0.3 is 14.6 Å². The van der Waals surface area contributed by atoms with Crippen LogP contribution in [0.1, 0.15) is 11.3 Å². The Morgan fingerprint density at radius 2 is 1.85 bits per heavy atom. The number of hydrogen-bond acceptors (Lipinski definition) is 4. The number of nitrogens with zero attached hydrogens (tertiary/aromatic N) is 1. The Morgan fingerprint density at radius 1 is 1.12 bits per heavy atom. The van der Waals surface area contributed by atoms with Crippen molar-refractivity contribution in [3.8, 4) is 5.75 Å². The number of aryl methyl sites for hydroxylation is 1. The molecule has 1 heterocycles. The summed E-state index contributed by atoms with van der Waals surface area (Å²) in [6, 6.07) is 11.9. The molecule has 0 aliphatic carbocycles. The summed E-state index contributed by atoms with van der Waals surface area (Å²) >= 11 is 0. The van der Waals surface area contributed by atoms with Gasteiger partial charge in [-0.3, -0.25) is 0 Å². The minimum Gasteiger partial charge on any atom is -0.497 e. The van der Waals surface area contributed by atoms with Crippen molar-refractivity contribution in [3.05, 3.63) is 53.7 Å². The molecule has 5 nitrogen and oxygen atoms in total. The topological polar surface area (TPSA) is 60.3 Å². The summed E-state index contributed by atoms with van der Waals surface area (Å²) in [5.74, 6) is 0.525. The zero-order valence-corrected chi connectivity index (χ0v) is 16.4. The number of ether oxygens (including phenoxy) is 1. The number of fused-ring (bicyclic) bond motifs is 1. The Kier molecular flexibility index (Phi) is 5.07. The predicted molar refractivity (Wildman–Crippen MR) is 104 cm³/mol. The zero-order chi connectivity index (χ0) is 18.9. The highest BCUT2D eigenvalue weighted by molar-refractivity contribution is 7.91. The number of benzene rings is 2. The summed E-state index contributed by atoms with van der Waals surface area (Å²) in [6.07, 6.45) is 0.850. The Bertz CT molecular complexity index is 1050. The second kappa shape index (κ2) is 7.13. The van der Waals surface area contributed by atoms with Crippen molar-refractivity contribution in [2.45, 2.75) is 23.1 Å². The van der Waals surface area contributed by atoms with Crippen molar-refractivity contribution in [1.29, 1.82) is 0 Å². The molecule has 0 saturated heterocycles. The fraction of sp³-hybridized carbons (Fsp3) is 0.300. The van der Waals surface area contributed by atoms with E-state index in [1.165, 1.54) is 12.7 Å². The fourth-order valence-corrected chi connectivity index (χ4v) is 4.59. The molecule has 2 aromatic carbocycles. The van der Waals surface area contributed by atoms with Crippen molar-refractivity contribution in [3.63, 3.8) is 0 Å². The first-order valence-corrected chi connectivity index (χ1v) is 10.00. The second-order valence-electron chi connectivity index (χ2n) is 6.34. The monoisotopic (exact) mass is 372 g/mol. The molecule has 0 saturated carbocycles. The van der Waals surface area contributed by atoms with E-state index in [4.69, 9.17) is 4.74 Å². The molecule has 3 aromatic rings. The third kappa shape index (κ3) is 3.10. The van der Waals surface area contributed by atoms with Crippen LogP contribution in [0.3, 0.4) is 0 Å². The quantitative estimate of drug-likeness (QED) is 0.722. The number of hydrogen-bond donors (Lipinski definition) is 1. The Hall–Kier alpha value is -2.31. The molecule has 0 spiro atoms. The largest absolute Gasteiger partial charge is 0.497 e. The number of rotatable bonds is 6. The third-order valence-corrected chi connectivity index (χ3v) is 6.63. The molecule has 0 aliphatic rings. The molecule has 138 valence electrons. The van der Waals surface area contributed by atoms with Crippen LogP contribution in [0, 0.1) is 6.92 Å². The van der Waals surface area contributed by atoms with E-state index in [1.807, 2.05) is 20.2 Å². The van der Waals surface area contributed by atoms with E-state index in [2.05, 4.69) is 16.8 Å². The van der Waals surface area contributed by atoms with Crippen LogP contribution in [0.2, 0.25) is 0 Å². The van der Waals surface area contributed by atoms with Crippen molar-refractivity contribution in [2.75, 3.05) is 20.7 Å². The molecule has 0 bridgehead atoms. The lowest BCUT2D eigenvalue weighted by atomic mass is 10.1. The average molecular weight is 372 g/mol. The maximum Gasteiger partial charge on any atom is 0.206 e. The van der Waals surface area contributed by atoms with Crippen LogP contribution >= 0.6 is 0 Å². The van der Waals surface area contributed by atoms with Gasteiger partial charge in [0, 0.05) is 23.6 Å². The molecule has 1 N–H and O–H groups in total. The van der Waals surface area contributed by atoms with Gasteiger partial charge in [0.15, 0.2) is 0 Å². The smallest absolute Gasteiger partial charge is 0.206 e. The molecule has 0 amide bonds. The molecule has 0 fully saturated rings. The van der Waals surface area contributed by atoms with E-state index in [0.717, 1.165) is 29.6 Å². The number of methoxy groups -OCH3 is 1. The Morgan fingerprint density at radius 3 is 2.54 bits per heavy atom. The van der Waals surface area contributed by atoms with E-state index in [9.17, 15) is 8.42 Å². The summed E-state index contributed by atoms with van der Waals surface area (Å²) in [6.45, 7) is 2.91. The summed E-state index contributed by atoms with van der Waals surface area (Å²) in [7, 11) is 1.84. The van der Waals surface area contributed by atoms with Gasteiger partial charge in [-0.2, -0.15) is 0 Å². The summed E-state index contributed by atoms with van der Waals surface area (Å²) in [4.78, 5) is 0.537. The first-order chi connectivity index (χ1) is 12.4. The number of sulfone groups is 1. The molecular weight excluding hydrogens is 348 g/mol. The molecule has 0 atom stereocenters. The van der Waals surface area contributed by atoms with Crippen LogP contribution in [-0.4, -0.2) is 33.7 Å². The standard InChI is InChI=1S/C20H24N2O3S/c1-14-18(10-11-21-2)19-13-17(8-9-20(19)22(14)3)26(23,24)16-7-5-6-15(12-16)25-4/h5-9,12-13,21H,10-11H2,1-4H3. The van der Waals surface area contributed by atoms with Gasteiger partial charge in [0.1, 0.15) is 5.75 Å². The Balaban J connectivity index is 2.16. The minimum atomic E-state index is -3.61. The lowest BCUT2D eigenvalue weighted by Crippen LogP contribution is -2.11. The maximum atomic E-state index is 13.1. The van der Waals surface area contributed by atoms with Gasteiger partial charge in [-0.25, -0.2) is 8.42 Å². The van der Waals surface area contributed by atoms with Crippen LogP contribution < -0.4 is 10.1 Å². The highest BCUT2D eigenvalue weighted by Gasteiger charge is 2.21. The lowest BCUT2D eigenvalue weighted by molar-refractivity contribution is 0.413. The van der Waals surface area contributed by atoms with Gasteiger partial charge in [0.2, 0.25) is 9.84 Å². The van der Waals surface area contributed by atoms with Crippen LogP contribution in [-0.2, 0) is 23.3 Å². The summed E-state index contributed by atoms with van der Waals surface area (Å²) < 4.78 is 33.5. The molecule has 0 radical (unpaired) electrons. The van der Waals surface area contributed by atoms with Crippen molar-refractivity contribution in [1.82, 2.24) is 9.88 Å². The molecule has 3 rings (SSSR count). The van der Waals surface area contributed by atoms with E-state index in [-0.39, 0.29) is 4.90 Å². The van der Waals surface area contributed by atoms with Crippen LogP contribution in [0.5, 0.6) is 5.75 Å². The van der Waals surface area contributed by atoms with Crippen molar-refractivity contribution >= 4 is 20.7 Å². The highest BCUT2D eigenvalue weighted by atomic mass is 32.2. The number of nitrogens with one attached hydrogen (secondary N) is 1. The predicted octanol–water partition coefficient (Wildman–Crippen LogP) is 3.09. The minimum absolute atomic E-state index is 0.237. The summed E-state index contributed by atoms with van der Waals surface area (Å²) in [5.41, 5.74) is 3.38. The van der Waals surface area contributed by atoms with Gasteiger partial charge in [0.05, 0.1) is 16.9 Å². The molecule has 0 aliphatic heterocycles. The molecule has 26 heavy (non-hydrogen) atoms. The van der Waals surface area contributed by atoms with Crippen molar-refractivity contribution < 1.29 is 13.2 Å². The maximum absolute atomic E-state index is 13.1. The Labute approximate surface area is 154 Å². The summed E-state index contributed by atoms with van der Waals surface area (Å²) in [5, 5.41) is 4.15. The van der Waals surface area contributed by atoms with Gasteiger partial charge in [0.25, 0.3) is 0 Å². The first-order valence-electron chi connectivity index (χ1n) is 8.51. The highest BCUT2D eigenvalue weighted by Crippen LogP contribution is 2.31. The fourth-order valence-electron chi connectivity index (χ4n) is 3.26. The van der Waals surface area contributed by atoms with Gasteiger partial charge >= 0.3 is 0 Å². The SMILES string of the molecule is CNCCc1c(C)n(C)c2ccc(S(=O)(=O)c3cccc(OC)c3)cc12. The normalized spacial score (nSPS) is 11.8. The van der Waals surface area contributed by atoms with E-state index in [1.54, 1.807) is 36.4 Å². The van der Waals surface area contributed by atoms with E-state index < -0.39 is 9.84 Å². The average Bonchev–Trinajstić information content (AvgIpc) is 2.90. The van der Waals surface area contributed by atoms with E-state index >= 15 is 0 Å². The van der Waals surface area contributed by atoms with E-state index in [0.29, 0.717) is 10.6 Å².